The van der Waals surface area contributed by atoms with Gasteiger partial charge in [-0.25, -0.2) is 9.69 Å². The summed E-state index contributed by atoms with van der Waals surface area (Å²) in [5, 5.41) is 27.2. The Morgan fingerprint density at radius 3 is 1.71 bits per heavy atom. The number of alkyl halides is 3. The molecule has 6 aromatic rings. The van der Waals surface area contributed by atoms with Crippen LogP contribution in [0.3, 0.4) is 0 Å². The van der Waals surface area contributed by atoms with Gasteiger partial charge in [-0.2, -0.15) is 29.0 Å². The molecule has 3 heterocycles. The minimum absolute atomic E-state index is 0.0481. The van der Waals surface area contributed by atoms with Crippen LogP contribution in [0.4, 0.5) is 24.5 Å². The number of halogens is 4. The van der Waals surface area contributed by atoms with Gasteiger partial charge in [-0.15, -0.1) is 0 Å². The SMILES string of the molecule is N#Cc1c(-c2ccc(Cl)cc2)[nH]c(C(F)(F)F)c1C#N.[C-]#[N+]c1c[nH]c(-c2ccccc2)c1.[C-]#[N+]c1c[nH]c(-c2ccccc2)c1C#N. The van der Waals surface area contributed by atoms with Crippen LogP contribution in [0.15, 0.2) is 103 Å². The van der Waals surface area contributed by atoms with Crippen molar-refractivity contribution in [2.24, 2.45) is 0 Å². The van der Waals surface area contributed by atoms with Crippen molar-refractivity contribution >= 4 is 23.0 Å². The first-order valence-corrected chi connectivity index (χ1v) is 14.1. The van der Waals surface area contributed by atoms with Gasteiger partial charge in [0.2, 0.25) is 11.4 Å². The summed E-state index contributed by atoms with van der Waals surface area (Å²) in [6.45, 7) is 13.7. The van der Waals surface area contributed by atoms with E-state index in [1.54, 1.807) is 18.5 Å². The topological polar surface area (TPSA) is 127 Å². The highest BCUT2D eigenvalue weighted by atomic mass is 35.5. The van der Waals surface area contributed by atoms with Crippen molar-refractivity contribution in [3.8, 4) is 52.0 Å². The zero-order chi connectivity index (χ0) is 34.7. The van der Waals surface area contributed by atoms with Crippen molar-refractivity contribution in [1.29, 1.82) is 15.8 Å². The molecule has 0 saturated heterocycles. The smallest absolute Gasteiger partial charge is 0.372 e. The molecule has 0 spiro atoms. The second-order valence-electron chi connectivity index (χ2n) is 9.62. The van der Waals surface area contributed by atoms with E-state index in [0.717, 1.165) is 16.8 Å². The van der Waals surface area contributed by atoms with Gasteiger partial charge in [-0.3, -0.25) is 0 Å². The Bertz CT molecular complexity index is 2230. The van der Waals surface area contributed by atoms with Gasteiger partial charge in [0.15, 0.2) is 0 Å². The molecule has 0 aliphatic rings. The van der Waals surface area contributed by atoms with Crippen molar-refractivity contribution in [2.75, 3.05) is 0 Å². The maximum absolute atomic E-state index is 12.8. The van der Waals surface area contributed by atoms with Crippen molar-refractivity contribution in [3.05, 3.63) is 154 Å². The Labute approximate surface area is 278 Å². The fourth-order valence-electron chi connectivity index (χ4n) is 4.45. The molecule has 12 heteroatoms. The number of rotatable bonds is 3. The number of hydrogen-bond donors (Lipinski definition) is 3. The van der Waals surface area contributed by atoms with E-state index in [9.17, 15) is 13.2 Å². The van der Waals surface area contributed by atoms with Crippen molar-refractivity contribution in [3.63, 3.8) is 0 Å². The van der Waals surface area contributed by atoms with Crippen LogP contribution in [0.25, 0.3) is 43.5 Å². The average molecular weight is 657 g/mol. The number of H-pyrrole nitrogens is 3. The number of aromatic amines is 3. The maximum Gasteiger partial charge on any atom is 0.432 e. The third kappa shape index (κ3) is 7.81. The van der Waals surface area contributed by atoms with Gasteiger partial charge in [0.25, 0.3) is 0 Å². The molecule has 0 aliphatic heterocycles. The van der Waals surface area contributed by atoms with Gasteiger partial charge in [0, 0.05) is 23.1 Å². The molecule has 48 heavy (non-hydrogen) atoms. The minimum atomic E-state index is -4.73. The highest BCUT2D eigenvalue weighted by molar-refractivity contribution is 6.30. The van der Waals surface area contributed by atoms with Crippen LogP contribution >= 0.6 is 11.6 Å². The summed E-state index contributed by atoms with van der Waals surface area (Å²) in [7, 11) is 0. The number of nitrogens with zero attached hydrogens (tertiary/aromatic N) is 5. The molecule has 232 valence electrons. The van der Waals surface area contributed by atoms with E-state index in [2.05, 4.69) is 24.6 Å². The first-order valence-electron chi connectivity index (χ1n) is 13.7. The molecule has 0 radical (unpaired) electrons. The number of hydrogen-bond acceptors (Lipinski definition) is 3. The van der Waals surface area contributed by atoms with Gasteiger partial charge in [-0.05, 0) is 34.9 Å². The number of nitriles is 3. The molecule has 8 nitrogen and oxygen atoms in total. The lowest BCUT2D eigenvalue weighted by Crippen LogP contribution is -2.07. The molecule has 0 aliphatic carbocycles. The van der Waals surface area contributed by atoms with Crippen molar-refractivity contribution in [2.45, 2.75) is 6.18 Å². The Balaban J connectivity index is 0.000000167. The zero-order valence-corrected chi connectivity index (χ0v) is 25.3. The third-order valence-electron chi connectivity index (χ3n) is 6.68. The summed E-state index contributed by atoms with van der Waals surface area (Å²) in [5.74, 6) is 0. The molecule has 6 rings (SSSR count). The highest BCUT2D eigenvalue weighted by Crippen LogP contribution is 2.37. The molecule has 0 bridgehead atoms. The fourth-order valence-corrected chi connectivity index (χ4v) is 4.57. The molecule has 0 saturated carbocycles. The number of aromatic nitrogens is 3. The molecule has 0 fully saturated rings. The van der Waals surface area contributed by atoms with Gasteiger partial charge in [-0.1, -0.05) is 84.4 Å². The summed E-state index contributed by atoms with van der Waals surface area (Å²) < 4.78 is 38.5. The van der Waals surface area contributed by atoms with Crippen LogP contribution in [0.1, 0.15) is 22.4 Å². The summed E-state index contributed by atoms with van der Waals surface area (Å²) >= 11 is 5.70. The lowest BCUT2D eigenvalue weighted by atomic mass is 10.1. The maximum atomic E-state index is 12.8. The first-order chi connectivity index (χ1) is 23.1. The average Bonchev–Trinajstić information content (AvgIpc) is 3.86. The predicted molar refractivity (Wildman–Crippen MR) is 175 cm³/mol. The van der Waals surface area contributed by atoms with Crippen LogP contribution in [0.5, 0.6) is 0 Å². The van der Waals surface area contributed by atoms with Crippen LogP contribution in [0.2, 0.25) is 5.02 Å². The summed E-state index contributed by atoms with van der Waals surface area (Å²) in [5.41, 5.74) is 3.21. The predicted octanol–water partition coefficient (Wildman–Crippen LogP) is 10.4. The summed E-state index contributed by atoms with van der Waals surface area (Å²) in [6.07, 6.45) is -1.45. The summed E-state index contributed by atoms with van der Waals surface area (Å²) in [6, 6.07) is 32.3. The molecule has 3 aromatic heterocycles. The second kappa shape index (κ2) is 15.3. The summed E-state index contributed by atoms with van der Waals surface area (Å²) in [4.78, 5) is 14.7. The van der Waals surface area contributed by atoms with Crippen LogP contribution in [-0.4, -0.2) is 15.0 Å². The molecular formula is C36H20ClF3N8. The van der Waals surface area contributed by atoms with Gasteiger partial charge in [0.1, 0.15) is 23.4 Å². The van der Waals surface area contributed by atoms with Crippen LogP contribution in [-0.2, 0) is 6.18 Å². The molecular weight excluding hydrogens is 637 g/mol. The van der Waals surface area contributed by atoms with Crippen molar-refractivity contribution < 1.29 is 13.2 Å². The minimum Gasteiger partial charge on any atom is -0.372 e. The van der Waals surface area contributed by atoms with E-state index in [0.29, 0.717) is 33.2 Å². The molecule has 0 atom stereocenters. The Hall–Kier alpha value is -6.97. The van der Waals surface area contributed by atoms with Crippen LogP contribution in [0, 0.1) is 47.1 Å². The molecule has 3 aromatic carbocycles. The Morgan fingerprint density at radius 2 is 1.21 bits per heavy atom. The van der Waals surface area contributed by atoms with Crippen LogP contribution < -0.4 is 0 Å². The van der Waals surface area contributed by atoms with E-state index in [1.807, 2.05) is 72.8 Å². The Kier molecular flexibility index (Phi) is 10.8. The van der Waals surface area contributed by atoms with E-state index in [4.69, 9.17) is 40.5 Å². The largest absolute Gasteiger partial charge is 0.432 e. The zero-order valence-electron chi connectivity index (χ0n) is 24.6. The monoisotopic (exact) mass is 656 g/mol. The molecule has 0 unspecified atom stereocenters. The highest BCUT2D eigenvalue weighted by Gasteiger charge is 2.38. The molecule has 3 N–H and O–H groups in total. The first kappa shape index (κ1) is 33.9. The number of benzene rings is 3. The van der Waals surface area contributed by atoms with E-state index >= 15 is 0 Å². The fraction of sp³-hybridized carbons (Fsp3) is 0.0278. The number of nitrogens with one attached hydrogen (secondary N) is 3. The van der Waals surface area contributed by atoms with Crippen molar-refractivity contribution in [1.82, 2.24) is 15.0 Å². The lowest BCUT2D eigenvalue weighted by molar-refractivity contribution is -0.140. The standard InChI is InChI=1S/C13H5ClF3N3.C12H7N3.C11H8N2/c14-8-3-1-7(2-4-8)11-9(5-18)10(6-19)12(20-11)13(15,16)17;1-14-11-8-15-12(10(11)7-13)9-5-3-2-4-6-9;1-12-10-7-11(13-8-10)9-5-3-2-4-6-9/h1-4,20H;2-6,8,15H;2-8,13H. The van der Waals surface area contributed by atoms with E-state index < -0.39 is 17.4 Å². The van der Waals surface area contributed by atoms with E-state index in [1.165, 1.54) is 30.3 Å². The van der Waals surface area contributed by atoms with Gasteiger partial charge in [0.05, 0.1) is 41.7 Å². The van der Waals surface area contributed by atoms with Gasteiger partial charge >= 0.3 is 6.18 Å². The lowest BCUT2D eigenvalue weighted by Gasteiger charge is -2.03. The normalized spacial score (nSPS) is 9.98. The van der Waals surface area contributed by atoms with Gasteiger partial charge < -0.3 is 15.0 Å². The second-order valence-corrected chi connectivity index (χ2v) is 10.1. The quantitative estimate of drug-likeness (QED) is 0.164. The Morgan fingerprint density at radius 1 is 0.646 bits per heavy atom. The third-order valence-corrected chi connectivity index (χ3v) is 6.93. The molecule has 0 amide bonds. The van der Waals surface area contributed by atoms with E-state index in [-0.39, 0.29) is 11.3 Å².